The molecule has 0 amide bonds. The summed E-state index contributed by atoms with van der Waals surface area (Å²) in [4.78, 5) is 11.4. The minimum atomic E-state index is 0.851. The number of rotatable bonds is 0. The van der Waals surface area contributed by atoms with Crippen molar-refractivity contribution in [1.29, 1.82) is 0 Å². The average Bonchev–Trinajstić information content (AvgIpc) is 3.10. The Bertz CT molecular complexity index is 996. The van der Waals surface area contributed by atoms with Crippen LogP contribution in [0.25, 0.3) is 32.0 Å². The van der Waals surface area contributed by atoms with E-state index in [0.717, 1.165) is 17.1 Å². The molecule has 1 aliphatic heterocycles. The lowest BCUT2D eigenvalue weighted by atomic mass is 10.2. The van der Waals surface area contributed by atoms with Crippen molar-refractivity contribution in [3.63, 3.8) is 0 Å². The summed E-state index contributed by atoms with van der Waals surface area (Å²) in [6.07, 6.45) is 3.73. The Morgan fingerprint density at radius 2 is 2.05 bits per heavy atom. The largest absolute Gasteiger partial charge is 0.292 e. The van der Waals surface area contributed by atoms with Crippen LogP contribution in [-0.2, 0) is 13.6 Å². The van der Waals surface area contributed by atoms with Gasteiger partial charge in [-0.25, -0.2) is 14.1 Å². The van der Waals surface area contributed by atoms with Gasteiger partial charge in [0.2, 0.25) is 4.83 Å². The SMILES string of the molecule is C[n+]1c2n(c3c4cccnc4sc31)Cc1ncccc1-2. The zero-order valence-corrected chi connectivity index (χ0v) is 11.7. The van der Waals surface area contributed by atoms with Crippen LogP contribution in [0.1, 0.15) is 5.69 Å². The van der Waals surface area contributed by atoms with Gasteiger partial charge in [0.25, 0.3) is 5.82 Å². The molecule has 5 rings (SSSR count). The summed E-state index contributed by atoms with van der Waals surface area (Å²) in [5, 5.41) is 1.24. The van der Waals surface area contributed by atoms with Crippen molar-refractivity contribution in [3.05, 3.63) is 42.4 Å². The maximum Gasteiger partial charge on any atom is 0.292 e. The zero-order chi connectivity index (χ0) is 13.3. The first-order valence-electron chi connectivity index (χ1n) is 6.54. The number of imidazole rings is 1. The molecule has 4 nitrogen and oxygen atoms in total. The predicted molar refractivity (Wildman–Crippen MR) is 78.6 cm³/mol. The van der Waals surface area contributed by atoms with E-state index in [2.05, 4.69) is 38.3 Å². The highest BCUT2D eigenvalue weighted by molar-refractivity contribution is 7.24. The van der Waals surface area contributed by atoms with Gasteiger partial charge in [-0.15, -0.1) is 0 Å². The van der Waals surface area contributed by atoms with E-state index in [1.165, 1.54) is 27.1 Å². The highest BCUT2D eigenvalue weighted by atomic mass is 32.1. The third kappa shape index (κ3) is 1.10. The first kappa shape index (κ1) is 10.5. The number of fused-ring (bicyclic) bond motifs is 7. The summed E-state index contributed by atoms with van der Waals surface area (Å²) in [6.45, 7) is 0.851. The van der Waals surface area contributed by atoms with Crippen LogP contribution in [0.2, 0.25) is 0 Å². The van der Waals surface area contributed by atoms with Crippen LogP contribution in [0.15, 0.2) is 36.7 Å². The molecule has 4 aromatic heterocycles. The average molecular weight is 279 g/mol. The normalized spacial score (nSPS) is 13.1. The highest BCUT2D eigenvalue weighted by Gasteiger charge is 2.35. The molecular formula is C15H11N4S+. The molecule has 0 bridgehead atoms. The molecule has 0 atom stereocenters. The molecule has 0 unspecified atom stereocenters. The molecule has 20 heavy (non-hydrogen) atoms. The fraction of sp³-hybridized carbons (Fsp3) is 0.133. The van der Waals surface area contributed by atoms with Crippen molar-refractivity contribution in [1.82, 2.24) is 14.5 Å². The van der Waals surface area contributed by atoms with Crippen molar-refractivity contribution < 1.29 is 4.57 Å². The Morgan fingerprint density at radius 3 is 3.00 bits per heavy atom. The van der Waals surface area contributed by atoms with Crippen molar-refractivity contribution >= 4 is 31.9 Å². The maximum absolute atomic E-state index is 4.51. The van der Waals surface area contributed by atoms with Gasteiger partial charge < -0.3 is 0 Å². The van der Waals surface area contributed by atoms with Crippen molar-refractivity contribution in [3.8, 4) is 11.4 Å². The van der Waals surface area contributed by atoms with E-state index in [-0.39, 0.29) is 0 Å². The lowest BCUT2D eigenvalue weighted by Gasteiger charge is -1.93. The van der Waals surface area contributed by atoms with E-state index < -0.39 is 0 Å². The fourth-order valence-electron chi connectivity index (χ4n) is 3.18. The molecule has 0 spiro atoms. The predicted octanol–water partition coefficient (Wildman–Crippen LogP) is 2.50. The van der Waals surface area contributed by atoms with Gasteiger partial charge in [-0.05, 0) is 24.3 Å². The van der Waals surface area contributed by atoms with Crippen LogP contribution >= 0.6 is 11.3 Å². The number of aromatic nitrogens is 4. The number of nitrogens with zero attached hydrogens (tertiary/aromatic N) is 4. The molecule has 1 aliphatic rings. The van der Waals surface area contributed by atoms with Crippen LogP contribution in [-0.4, -0.2) is 14.5 Å². The zero-order valence-electron chi connectivity index (χ0n) is 10.9. The van der Waals surface area contributed by atoms with Gasteiger partial charge >= 0.3 is 0 Å². The van der Waals surface area contributed by atoms with E-state index in [4.69, 9.17) is 0 Å². The smallest absolute Gasteiger partial charge is 0.256 e. The molecule has 0 saturated carbocycles. The number of pyridine rings is 2. The summed E-state index contributed by atoms with van der Waals surface area (Å²) >= 11 is 1.76. The molecule has 5 heteroatoms. The monoisotopic (exact) mass is 279 g/mol. The summed E-state index contributed by atoms with van der Waals surface area (Å²) in [6, 6.07) is 8.33. The third-order valence-electron chi connectivity index (χ3n) is 4.01. The van der Waals surface area contributed by atoms with Crippen molar-refractivity contribution in [2.24, 2.45) is 7.05 Å². The summed E-state index contributed by atoms with van der Waals surface area (Å²) in [7, 11) is 2.13. The minimum absolute atomic E-state index is 0.851. The second kappa shape index (κ2) is 3.43. The first-order chi connectivity index (χ1) is 9.84. The van der Waals surface area contributed by atoms with Crippen LogP contribution in [0, 0.1) is 0 Å². The summed E-state index contributed by atoms with van der Waals surface area (Å²) < 4.78 is 4.64. The Kier molecular flexibility index (Phi) is 1.80. The fourth-order valence-corrected chi connectivity index (χ4v) is 4.29. The van der Waals surface area contributed by atoms with Crippen LogP contribution < -0.4 is 4.57 Å². The molecule has 0 fully saturated rings. The van der Waals surface area contributed by atoms with E-state index >= 15 is 0 Å². The van der Waals surface area contributed by atoms with Crippen molar-refractivity contribution in [2.45, 2.75) is 6.54 Å². The Morgan fingerprint density at radius 1 is 1.20 bits per heavy atom. The second-order valence-electron chi connectivity index (χ2n) is 5.08. The van der Waals surface area contributed by atoms with Gasteiger partial charge in [0, 0.05) is 12.4 Å². The molecule has 0 aliphatic carbocycles. The Hall–Kier alpha value is -2.27. The first-order valence-corrected chi connectivity index (χ1v) is 7.36. The van der Waals surface area contributed by atoms with Gasteiger partial charge in [-0.3, -0.25) is 4.98 Å². The van der Waals surface area contributed by atoms with Gasteiger partial charge in [-0.2, -0.15) is 0 Å². The Balaban J connectivity index is 1.99. The second-order valence-corrected chi connectivity index (χ2v) is 6.06. The standard InChI is InChI=1S/C15H11N4S/c1-18-14-9-4-2-6-16-11(9)8-19(14)12-10-5-3-7-17-13(10)20-15(12)18/h2-7H,8H2,1H3/q+1. The summed E-state index contributed by atoms with van der Waals surface area (Å²) in [5.41, 5.74) is 3.69. The summed E-state index contributed by atoms with van der Waals surface area (Å²) in [5.74, 6) is 1.25. The molecule has 0 saturated heterocycles. The van der Waals surface area contributed by atoms with Crippen LogP contribution in [0.5, 0.6) is 0 Å². The topological polar surface area (TPSA) is 34.6 Å². The van der Waals surface area contributed by atoms with Crippen molar-refractivity contribution in [2.75, 3.05) is 0 Å². The van der Waals surface area contributed by atoms with Gasteiger partial charge in [0.05, 0.1) is 23.7 Å². The van der Waals surface area contributed by atoms with Crippen LogP contribution in [0.4, 0.5) is 0 Å². The van der Waals surface area contributed by atoms with Gasteiger partial charge in [0.1, 0.15) is 11.4 Å². The molecule has 5 heterocycles. The maximum atomic E-state index is 4.51. The lowest BCUT2D eigenvalue weighted by molar-refractivity contribution is -0.631. The number of hydrogen-bond acceptors (Lipinski definition) is 3. The quantitative estimate of drug-likeness (QED) is 0.408. The molecule has 0 radical (unpaired) electrons. The molecule has 96 valence electrons. The minimum Gasteiger partial charge on any atom is -0.256 e. The van der Waals surface area contributed by atoms with E-state index in [1.54, 1.807) is 11.3 Å². The highest BCUT2D eigenvalue weighted by Crippen LogP contribution is 2.38. The van der Waals surface area contributed by atoms with Gasteiger partial charge in [0.15, 0.2) is 5.52 Å². The van der Waals surface area contributed by atoms with Crippen LogP contribution in [0.3, 0.4) is 0 Å². The number of thiophene rings is 1. The molecular weight excluding hydrogens is 268 g/mol. The number of aryl methyl sites for hydroxylation is 1. The third-order valence-corrected chi connectivity index (χ3v) is 5.19. The van der Waals surface area contributed by atoms with Gasteiger partial charge in [-0.1, -0.05) is 11.3 Å². The number of hydrogen-bond donors (Lipinski definition) is 0. The molecule has 0 N–H and O–H groups in total. The lowest BCUT2D eigenvalue weighted by Crippen LogP contribution is -2.28. The van der Waals surface area contributed by atoms with E-state index in [1.807, 2.05) is 24.5 Å². The Labute approximate surface area is 119 Å². The van der Waals surface area contributed by atoms with E-state index in [0.29, 0.717) is 0 Å². The van der Waals surface area contributed by atoms with E-state index in [9.17, 15) is 0 Å². The molecule has 4 aromatic rings. The molecule has 0 aromatic carbocycles.